The van der Waals surface area contributed by atoms with Crippen LogP contribution in [0.4, 0.5) is 0 Å². The zero-order valence-corrected chi connectivity index (χ0v) is 10.0. The lowest BCUT2D eigenvalue weighted by Gasteiger charge is -2.31. The highest BCUT2D eigenvalue weighted by atomic mass is 15.1. The second-order valence-corrected chi connectivity index (χ2v) is 4.45. The maximum Gasteiger partial charge on any atom is 0.0312 e. The van der Waals surface area contributed by atoms with E-state index in [0.717, 1.165) is 6.54 Å². The van der Waals surface area contributed by atoms with Gasteiger partial charge in [-0.3, -0.25) is 4.98 Å². The minimum absolute atomic E-state index is 0.683. The van der Waals surface area contributed by atoms with Gasteiger partial charge in [0.2, 0.25) is 0 Å². The van der Waals surface area contributed by atoms with Gasteiger partial charge in [-0.25, -0.2) is 0 Å². The summed E-state index contributed by atoms with van der Waals surface area (Å²) in [5, 5.41) is 3.62. The molecule has 3 heteroatoms. The van der Waals surface area contributed by atoms with E-state index in [9.17, 15) is 0 Å². The Hall–Kier alpha value is -0.930. The molecule has 0 amide bonds. The van der Waals surface area contributed by atoms with Gasteiger partial charge in [0.25, 0.3) is 0 Å². The summed E-state index contributed by atoms with van der Waals surface area (Å²) in [4.78, 5) is 6.64. The number of hydrogen-bond acceptors (Lipinski definition) is 3. The fourth-order valence-electron chi connectivity index (χ4n) is 2.22. The molecule has 1 aromatic rings. The van der Waals surface area contributed by atoms with Crippen LogP contribution in [0.3, 0.4) is 0 Å². The number of nitrogens with one attached hydrogen (secondary N) is 1. The van der Waals surface area contributed by atoms with Crippen molar-refractivity contribution in [2.24, 2.45) is 0 Å². The molecule has 16 heavy (non-hydrogen) atoms. The van der Waals surface area contributed by atoms with E-state index in [2.05, 4.69) is 28.2 Å². The van der Waals surface area contributed by atoms with E-state index in [0.29, 0.717) is 6.04 Å². The van der Waals surface area contributed by atoms with Gasteiger partial charge in [-0.15, -0.1) is 0 Å². The Labute approximate surface area is 97.9 Å². The Bertz CT molecular complexity index is 291. The van der Waals surface area contributed by atoms with Crippen molar-refractivity contribution < 1.29 is 0 Å². The molecule has 0 bridgehead atoms. The van der Waals surface area contributed by atoms with Crippen LogP contribution in [0, 0.1) is 0 Å². The third kappa shape index (κ3) is 3.29. The van der Waals surface area contributed by atoms with Crippen LogP contribution in [0.25, 0.3) is 0 Å². The molecule has 3 nitrogen and oxygen atoms in total. The SMILES string of the molecule is CCN1CCC(NCc2cccnc2)CC1. The molecule has 1 aromatic heterocycles. The molecular weight excluding hydrogens is 198 g/mol. The molecule has 1 saturated heterocycles. The van der Waals surface area contributed by atoms with E-state index in [1.54, 1.807) is 0 Å². The van der Waals surface area contributed by atoms with E-state index in [1.165, 1.54) is 38.0 Å². The first-order valence-corrected chi connectivity index (χ1v) is 6.23. The van der Waals surface area contributed by atoms with Gasteiger partial charge in [0.05, 0.1) is 0 Å². The smallest absolute Gasteiger partial charge is 0.0312 e. The molecule has 0 aromatic carbocycles. The fourth-order valence-corrected chi connectivity index (χ4v) is 2.22. The van der Waals surface area contributed by atoms with Crippen molar-refractivity contribution in [2.75, 3.05) is 19.6 Å². The highest BCUT2D eigenvalue weighted by Crippen LogP contribution is 2.10. The van der Waals surface area contributed by atoms with Gasteiger partial charge in [0.1, 0.15) is 0 Å². The zero-order valence-electron chi connectivity index (χ0n) is 10.0. The fraction of sp³-hybridized carbons (Fsp3) is 0.615. The number of nitrogens with zero attached hydrogens (tertiary/aromatic N) is 2. The minimum Gasteiger partial charge on any atom is -0.310 e. The largest absolute Gasteiger partial charge is 0.310 e. The Morgan fingerprint density at radius 1 is 1.44 bits per heavy atom. The maximum atomic E-state index is 4.13. The number of aromatic nitrogens is 1. The molecule has 1 N–H and O–H groups in total. The summed E-state index contributed by atoms with van der Waals surface area (Å²) in [6.07, 6.45) is 6.31. The third-order valence-corrected chi connectivity index (χ3v) is 3.35. The van der Waals surface area contributed by atoms with E-state index in [4.69, 9.17) is 0 Å². The Morgan fingerprint density at radius 2 is 2.25 bits per heavy atom. The van der Waals surface area contributed by atoms with Crippen molar-refractivity contribution in [3.63, 3.8) is 0 Å². The average molecular weight is 219 g/mol. The van der Waals surface area contributed by atoms with E-state index < -0.39 is 0 Å². The van der Waals surface area contributed by atoms with E-state index >= 15 is 0 Å². The van der Waals surface area contributed by atoms with Crippen molar-refractivity contribution in [2.45, 2.75) is 32.4 Å². The molecule has 2 rings (SSSR count). The van der Waals surface area contributed by atoms with Crippen LogP contribution in [-0.4, -0.2) is 35.6 Å². The standard InChI is InChI=1S/C13H21N3/c1-2-16-8-5-13(6-9-16)15-11-12-4-3-7-14-10-12/h3-4,7,10,13,15H,2,5-6,8-9,11H2,1H3. The van der Waals surface area contributed by atoms with Crippen molar-refractivity contribution in [1.29, 1.82) is 0 Å². The maximum absolute atomic E-state index is 4.13. The third-order valence-electron chi connectivity index (χ3n) is 3.35. The Balaban J connectivity index is 1.72. The summed E-state index contributed by atoms with van der Waals surface area (Å²) >= 11 is 0. The summed E-state index contributed by atoms with van der Waals surface area (Å²) < 4.78 is 0. The van der Waals surface area contributed by atoms with Crippen molar-refractivity contribution in [1.82, 2.24) is 15.2 Å². The number of pyridine rings is 1. The average Bonchev–Trinajstić information content (AvgIpc) is 2.38. The van der Waals surface area contributed by atoms with Gasteiger partial charge in [-0.2, -0.15) is 0 Å². The van der Waals surface area contributed by atoms with Gasteiger partial charge in [-0.05, 0) is 44.1 Å². The lowest BCUT2D eigenvalue weighted by molar-refractivity contribution is 0.206. The molecule has 0 saturated carbocycles. The molecule has 0 aliphatic carbocycles. The van der Waals surface area contributed by atoms with Gasteiger partial charge < -0.3 is 10.2 Å². The number of hydrogen-bond donors (Lipinski definition) is 1. The van der Waals surface area contributed by atoms with Crippen LogP contribution in [-0.2, 0) is 6.54 Å². The molecule has 0 unspecified atom stereocenters. The van der Waals surface area contributed by atoms with Crippen molar-refractivity contribution in [3.05, 3.63) is 30.1 Å². The van der Waals surface area contributed by atoms with Crippen LogP contribution in [0.15, 0.2) is 24.5 Å². The molecule has 2 heterocycles. The lowest BCUT2D eigenvalue weighted by atomic mass is 10.0. The molecule has 1 aliphatic rings. The predicted molar refractivity (Wildman–Crippen MR) is 66.2 cm³/mol. The van der Waals surface area contributed by atoms with E-state index in [-0.39, 0.29) is 0 Å². The molecule has 0 radical (unpaired) electrons. The minimum atomic E-state index is 0.683. The molecule has 0 atom stereocenters. The molecular formula is C13H21N3. The molecule has 1 aliphatic heterocycles. The van der Waals surface area contributed by atoms with Crippen LogP contribution >= 0.6 is 0 Å². The summed E-state index contributed by atoms with van der Waals surface area (Å²) in [5.74, 6) is 0. The quantitative estimate of drug-likeness (QED) is 0.834. The highest BCUT2D eigenvalue weighted by molar-refractivity contribution is 5.08. The highest BCUT2D eigenvalue weighted by Gasteiger charge is 2.16. The number of rotatable bonds is 4. The Kier molecular flexibility index (Phi) is 4.31. The predicted octanol–water partition coefficient (Wildman–Crippen LogP) is 1.66. The Morgan fingerprint density at radius 3 is 2.88 bits per heavy atom. The van der Waals surface area contributed by atoms with Crippen molar-refractivity contribution >= 4 is 0 Å². The topological polar surface area (TPSA) is 28.2 Å². The second-order valence-electron chi connectivity index (χ2n) is 4.45. The zero-order chi connectivity index (χ0) is 11.2. The van der Waals surface area contributed by atoms with Crippen molar-refractivity contribution in [3.8, 4) is 0 Å². The lowest BCUT2D eigenvalue weighted by Crippen LogP contribution is -2.42. The van der Waals surface area contributed by atoms with Crippen LogP contribution in [0.1, 0.15) is 25.3 Å². The van der Waals surface area contributed by atoms with E-state index in [1.807, 2.05) is 18.5 Å². The van der Waals surface area contributed by atoms with Crippen LogP contribution < -0.4 is 5.32 Å². The number of likely N-dealkylation sites (tertiary alicyclic amines) is 1. The normalized spacial score (nSPS) is 18.8. The summed E-state index contributed by atoms with van der Waals surface area (Å²) in [7, 11) is 0. The van der Waals surface area contributed by atoms with Crippen LogP contribution in [0.5, 0.6) is 0 Å². The number of piperidine rings is 1. The first kappa shape index (κ1) is 11.6. The first-order valence-electron chi connectivity index (χ1n) is 6.23. The molecule has 1 fully saturated rings. The van der Waals surface area contributed by atoms with Gasteiger partial charge in [0.15, 0.2) is 0 Å². The summed E-state index contributed by atoms with van der Waals surface area (Å²) in [5.41, 5.74) is 1.28. The monoisotopic (exact) mass is 219 g/mol. The molecule has 0 spiro atoms. The van der Waals surface area contributed by atoms with Crippen LogP contribution in [0.2, 0.25) is 0 Å². The first-order chi connectivity index (χ1) is 7.88. The van der Waals surface area contributed by atoms with Gasteiger partial charge in [-0.1, -0.05) is 13.0 Å². The second kappa shape index (κ2) is 5.97. The summed E-state index contributed by atoms with van der Waals surface area (Å²) in [6, 6.07) is 4.81. The van der Waals surface area contributed by atoms with Gasteiger partial charge >= 0.3 is 0 Å². The molecule has 88 valence electrons. The van der Waals surface area contributed by atoms with Gasteiger partial charge in [0, 0.05) is 25.0 Å². The summed E-state index contributed by atoms with van der Waals surface area (Å²) in [6.45, 7) is 6.85.